The zero-order valence-electron chi connectivity index (χ0n) is 8.84. The molecule has 3 fully saturated rings. The molecule has 0 radical (unpaired) electrons. The predicted molar refractivity (Wildman–Crippen MR) is 55.0 cm³/mol. The summed E-state index contributed by atoms with van der Waals surface area (Å²) in [6.07, 6.45) is 8.31. The van der Waals surface area contributed by atoms with Gasteiger partial charge in [-0.25, -0.2) is 4.39 Å². The van der Waals surface area contributed by atoms with Crippen LogP contribution in [0.3, 0.4) is 0 Å². The molecule has 0 bridgehead atoms. The van der Waals surface area contributed by atoms with Crippen molar-refractivity contribution in [1.29, 1.82) is 0 Å². The molecule has 1 nitrogen and oxygen atoms in total. The summed E-state index contributed by atoms with van der Waals surface area (Å²) < 4.78 is 12.8. The number of rotatable bonds is 1. The Labute approximate surface area is 85.7 Å². The van der Waals surface area contributed by atoms with Crippen molar-refractivity contribution in [3.05, 3.63) is 0 Å². The van der Waals surface area contributed by atoms with Gasteiger partial charge in [-0.05, 0) is 25.7 Å². The Balaban J connectivity index is 1.49. The van der Waals surface area contributed by atoms with Crippen molar-refractivity contribution in [1.82, 2.24) is 4.90 Å². The molecule has 3 aliphatic rings. The first-order valence-corrected chi connectivity index (χ1v) is 6.16. The van der Waals surface area contributed by atoms with E-state index in [0.29, 0.717) is 5.41 Å². The lowest BCUT2D eigenvalue weighted by molar-refractivity contribution is -0.123. The van der Waals surface area contributed by atoms with Crippen LogP contribution < -0.4 is 0 Å². The summed E-state index contributed by atoms with van der Waals surface area (Å²) in [5.74, 6) is 0. The third kappa shape index (κ3) is 1.39. The highest BCUT2D eigenvalue weighted by molar-refractivity contribution is 5.06. The lowest BCUT2D eigenvalue weighted by Crippen LogP contribution is -2.65. The minimum absolute atomic E-state index is 0.441. The lowest BCUT2D eigenvalue weighted by atomic mass is 9.62. The molecule has 1 aliphatic heterocycles. The van der Waals surface area contributed by atoms with Crippen molar-refractivity contribution < 1.29 is 4.39 Å². The average Bonchev–Trinajstić information content (AvgIpc) is 2.10. The van der Waals surface area contributed by atoms with Crippen LogP contribution in [0.1, 0.15) is 44.9 Å². The van der Waals surface area contributed by atoms with Crippen LogP contribution in [0.15, 0.2) is 0 Å². The first-order chi connectivity index (χ1) is 6.77. The predicted octanol–water partition coefficient (Wildman–Crippen LogP) is 2.75. The van der Waals surface area contributed by atoms with Crippen LogP contribution in [-0.4, -0.2) is 30.2 Å². The molecular formula is C12H20FN. The molecule has 0 amide bonds. The number of likely N-dealkylation sites (tertiary alicyclic amines) is 1. The molecule has 1 heterocycles. The molecule has 2 saturated carbocycles. The second-order valence-corrected chi connectivity index (χ2v) is 5.70. The molecule has 2 aliphatic carbocycles. The van der Waals surface area contributed by atoms with Gasteiger partial charge in [0.2, 0.25) is 0 Å². The maximum Gasteiger partial charge on any atom is 0.101 e. The van der Waals surface area contributed by atoms with E-state index in [9.17, 15) is 4.39 Å². The average molecular weight is 197 g/mol. The van der Waals surface area contributed by atoms with Gasteiger partial charge in [0, 0.05) is 24.5 Å². The Kier molecular flexibility index (Phi) is 2.08. The van der Waals surface area contributed by atoms with Gasteiger partial charge >= 0.3 is 0 Å². The highest BCUT2D eigenvalue weighted by Gasteiger charge is 2.53. The molecule has 3 rings (SSSR count). The van der Waals surface area contributed by atoms with E-state index in [4.69, 9.17) is 0 Å². The summed E-state index contributed by atoms with van der Waals surface area (Å²) in [6, 6.07) is 0.855. The monoisotopic (exact) mass is 197 g/mol. The first kappa shape index (κ1) is 9.14. The van der Waals surface area contributed by atoms with E-state index in [-0.39, 0.29) is 0 Å². The van der Waals surface area contributed by atoms with E-state index in [1.165, 1.54) is 45.2 Å². The third-order valence-electron chi connectivity index (χ3n) is 4.48. The van der Waals surface area contributed by atoms with Gasteiger partial charge in [-0.2, -0.15) is 0 Å². The van der Waals surface area contributed by atoms with E-state index in [1.807, 2.05) is 0 Å². The molecule has 0 N–H and O–H groups in total. The largest absolute Gasteiger partial charge is 0.299 e. The SMILES string of the molecule is FC1CC2(C1)CN(C1CCCCC1)C2. The zero-order valence-corrected chi connectivity index (χ0v) is 8.84. The van der Waals surface area contributed by atoms with Crippen molar-refractivity contribution in [3.8, 4) is 0 Å². The lowest BCUT2D eigenvalue weighted by Gasteiger charge is -2.59. The summed E-state index contributed by atoms with van der Waals surface area (Å²) in [4.78, 5) is 2.62. The number of nitrogens with zero attached hydrogens (tertiary/aromatic N) is 1. The van der Waals surface area contributed by atoms with E-state index in [2.05, 4.69) is 4.90 Å². The number of hydrogen-bond acceptors (Lipinski definition) is 1. The Bertz CT molecular complexity index is 208. The van der Waals surface area contributed by atoms with Crippen LogP contribution >= 0.6 is 0 Å². The second-order valence-electron chi connectivity index (χ2n) is 5.70. The van der Waals surface area contributed by atoms with Gasteiger partial charge in [0.25, 0.3) is 0 Å². The zero-order chi connectivity index (χ0) is 9.60. The minimum Gasteiger partial charge on any atom is -0.299 e. The van der Waals surface area contributed by atoms with Gasteiger partial charge < -0.3 is 0 Å². The van der Waals surface area contributed by atoms with E-state index < -0.39 is 6.17 Å². The molecule has 14 heavy (non-hydrogen) atoms. The highest BCUT2D eigenvalue weighted by atomic mass is 19.1. The van der Waals surface area contributed by atoms with Crippen LogP contribution in [0.4, 0.5) is 4.39 Å². The van der Waals surface area contributed by atoms with Gasteiger partial charge in [-0.3, -0.25) is 4.90 Å². The standard InChI is InChI=1S/C12H20FN/c13-10-6-12(7-10)8-14(9-12)11-4-2-1-3-5-11/h10-11H,1-9H2. The van der Waals surface area contributed by atoms with Crippen LogP contribution in [0.2, 0.25) is 0 Å². The summed E-state index contributed by atoms with van der Waals surface area (Å²) in [7, 11) is 0. The maximum atomic E-state index is 12.8. The van der Waals surface area contributed by atoms with Crippen molar-refractivity contribution in [2.24, 2.45) is 5.41 Å². The number of alkyl halides is 1. The highest BCUT2D eigenvalue weighted by Crippen LogP contribution is 2.51. The Morgan fingerprint density at radius 1 is 1.00 bits per heavy atom. The summed E-state index contributed by atoms with van der Waals surface area (Å²) in [5, 5.41) is 0. The molecule has 0 aromatic heterocycles. The van der Waals surface area contributed by atoms with Gasteiger partial charge in [0.15, 0.2) is 0 Å². The topological polar surface area (TPSA) is 3.24 Å². The molecule has 2 heteroatoms. The molecule has 80 valence electrons. The van der Waals surface area contributed by atoms with Crippen molar-refractivity contribution in [3.63, 3.8) is 0 Å². The van der Waals surface area contributed by atoms with Gasteiger partial charge in [0.1, 0.15) is 6.17 Å². The molecule has 0 unspecified atom stereocenters. The summed E-state index contributed by atoms with van der Waals surface area (Å²) >= 11 is 0. The number of hydrogen-bond donors (Lipinski definition) is 0. The molecular weight excluding hydrogens is 177 g/mol. The molecule has 1 saturated heterocycles. The van der Waals surface area contributed by atoms with E-state index in [1.54, 1.807) is 0 Å². The van der Waals surface area contributed by atoms with Crippen LogP contribution in [0.5, 0.6) is 0 Å². The normalized spacial score (nSPS) is 34.1. The Morgan fingerprint density at radius 3 is 2.21 bits per heavy atom. The molecule has 0 aromatic rings. The van der Waals surface area contributed by atoms with E-state index in [0.717, 1.165) is 18.9 Å². The van der Waals surface area contributed by atoms with Crippen molar-refractivity contribution >= 4 is 0 Å². The fourth-order valence-electron chi connectivity index (χ4n) is 3.66. The molecule has 0 aromatic carbocycles. The van der Waals surface area contributed by atoms with Crippen LogP contribution in [-0.2, 0) is 0 Å². The van der Waals surface area contributed by atoms with Gasteiger partial charge in [0.05, 0.1) is 0 Å². The van der Waals surface area contributed by atoms with E-state index >= 15 is 0 Å². The van der Waals surface area contributed by atoms with Crippen molar-refractivity contribution in [2.45, 2.75) is 57.2 Å². The van der Waals surface area contributed by atoms with Crippen molar-refractivity contribution in [2.75, 3.05) is 13.1 Å². The number of halogens is 1. The first-order valence-electron chi connectivity index (χ1n) is 6.16. The smallest absolute Gasteiger partial charge is 0.101 e. The molecule has 0 atom stereocenters. The third-order valence-corrected chi connectivity index (χ3v) is 4.48. The summed E-state index contributed by atoms with van der Waals surface area (Å²) in [5.41, 5.74) is 0.441. The quantitative estimate of drug-likeness (QED) is 0.625. The van der Waals surface area contributed by atoms with Gasteiger partial charge in [-0.15, -0.1) is 0 Å². The van der Waals surface area contributed by atoms with Gasteiger partial charge in [-0.1, -0.05) is 19.3 Å². The Hall–Kier alpha value is -0.110. The maximum absolute atomic E-state index is 12.8. The Morgan fingerprint density at radius 2 is 1.64 bits per heavy atom. The molecule has 1 spiro atoms. The fourth-order valence-corrected chi connectivity index (χ4v) is 3.66. The minimum atomic E-state index is -0.469. The summed E-state index contributed by atoms with van der Waals surface area (Å²) in [6.45, 7) is 2.41. The van der Waals surface area contributed by atoms with Crippen LogP contribution in [0.25, 0.3) is 0 Å². The fraction of sp³-hybridized carbons (Fsp3) is 1.00. The van der Waals surface area contributed by atoms with Crippen LogP contribution in [0, 0.1) is 5.41 Å². The second kappa shape index (κ2) is 3.19.